The second-order valence-corrected chi connectivity index (χ2v) is 5.79. The van der Waals surface area contributed by atoms with Gasteiger partial charge in [-0.2, -0.15) is 0 Å². The first kappa shape index (κ1) is 16.5. The third-order valence-corrected chi connectivity index (χ3v) is 4.08. The van der Waals surface area contributed by atoms with E-state index in [0.29, 0.717) is 5.58 Å². The van der Waals surface area contributed by atoms with Crippen molar-refractivity contribution < 1.29 is 18.7 Å². The predicted molar refractivity (Wildman–Crippen MR) is 89.3 cm³/mol. The van der Waals surface area contributed by atoms with Crippen LogP contribution < -0.4 is 5.32 Å². The van der Waals surface area contributed by atoms with Crippen molar-refractivity contribution >= 4 is 28.5 Å². The standard InChI is InChI=1S/C18H15ClFNO3/c19-14-6-3-5-13(18(14)20)15(9-22)21-17(23)8-11-10-24-16-7-2-1-4-12(11)16/h1-7,10,15,22H,8-9H2,(H,21,23). The highest BCUT2D eigenvalue weighted by Gasteiger charge is 2.20. The largest absolute Gasteiger partial charge is 0.464 e. The SMILES string of the molecule is O=C(Cc1coc2ccccc12)NC(CO)c1cccc(Cl)c1F. The summed E-state index contributed by atoms with van der Waals surface area (Å²) < 4.78 is 19.5. The lowest BCUT2D eigenvalue weighted by Gasteiger charge is -2.17. The fourth-order valence-electron chi connectivity index (χ4n) is 2.60. The third kappa shape index (κ3) is 3.27. The number of carbonyl (C=O) groups is 1. The normalized spacial score (nSPS) is 12.3. The van der Waals surface area contributed by atoms with Crippen molar-refractivity contribution in [3.05, 3.63) is 70.7 Å². The second kappa shape index (κ2) is 7.03. The quantitative estimate of drug-likeness (QED) is 0.741. The summed E-state index contributed by atoms with van der Waals surface area (Å²) in [5.41, 5.74) is 1.57. The first-order valence-corrected chi connectivity index (χ1v) is 7.77. The monoisotopic (exact) mass is 347 g/mol. The summed E-state index contributed by atoms with van der Waals surface area (Å²) in [7, 11) is 0. The molecular formula is C18H15ClFNO3. The van der Waals surface area contributed by atoms with Crippen LogP contribution in [-0.4, -0.2) is 17.6 Å². The number of halogens is 2. The van der Waals surface area contributed by atoms with E-state index in [1.165, 1.54) is 18.4 Å². The maximum atomic E-state index is 14.1. The molecule has 3 aromatic rings. The van der Waals surface area contributed by atoms with Crippen LogP contribution in [0.1, 0.15) is 17.2 Å². The highest BCUT2D eigenvalue weighted by molar-refractivity contribution is 6.30. The van der Waals surface area contributed by atoms with Crippen molar-refractivity contribution in [1.82, 2.24) is 5.32 Å². The Hall–Kier alpha value is -2.37. The molecule has 0 bridgehead atoms. The lowest BCUT2D eigenvalue weighted by molar-refractivity contribution is -0.121. The zero-order chi connectivity index (χ0) is 17.1. The van der Waals surface area contributed by atoms with E-state index < -0.39 is 18.5 Å². The number of aliphatic hydroxyl groups is 1. The number of aliphatic hydroxyl groups excluding tert-OH is 1. The molecule has 1 amide bonds. The Kier molecular flexibility index (Phi) is 4.83. The van der Waals surface area contributed by atoms with Gasteiger partial charge in [0, 0.05) is 16.5 Å². The first-order valence-electron chi connectivity index (χ1n) is 7.39. The van der Waals surface area contributed by atoms with Crippen LogP contribution in [0.2, 0.25) is 5.02 Å². The van der Waals surface area contributed by atoms with Gasteiger partial charge in [-0.1, -0.05) is 41.9 Å². The fraction of sp³-hybridized carbons (Fsp3) is 0.167. The van der Waals surface area contributed by atoms with Crippen LogP contribution in [0.4, 0.5) is 4.39 Å². The summed E-state index contributed by atoms with van der Waals surface area (Å²) in [4.78, 5) is 12.3. The Morgan fingerprint density at radius 2 is 2.04 bits per heavy atom. The highest BCUT2D eigenvalue weighted by atomic mass is 35.5. The van der Waals surface area contributed by atoms with Gasteiger partial charge in [0.2, 0.25) is 5.91 Å². The third-order valence-electron chi connectivity index (χ3n) is 3.79. The number of nitrogens with one attached hydrogen (secondary N) is 1. The van der Waals surface area contributed by atoms with Gasteiger partial charge in [-0.25, -0.2) is 4.39 Å². The minimum atomic E-state index is -0.866. The van der Waals surface area contributed by atoms with Crippen molar-refractivity contribution in [2.24, 2.45) is 0 Å². The van der Waals surface area contributed by atoms with Crippen molar-refractivity contribution in [2.45, 2.75) is 12.5 Å². The van der Waals surface area contributed by atoms with Crippen LogP contribution in [0, 0.1) is 5.82 Å². The molecule has 0 aliphatic carbocycles. The molecule has 0 saturated carbocycles. The number of carbonyl (C=O) groups excluding carboxylic acids is 1. The van der Waals surface area contributed by atoms with Gasteiger partial charge in [0.05, 0.1) is 30.4 Å². The minimum Gasteiger partial charge on any atom is -0.464 e. The fourth-order valence-corrected chi connectivity index (χ4v) is 2.78. The number of rotatable bonds is 5. The van der Waals surface area contributed by atoms with Crippen LogP contribution in [0.5, 0.6) is 0 Å². The van der Waals surface area contributed by atoms with Crippen LogP contribution in [0.15, 0.2) is 53.1 Å². The molecule has 24 heavy (non-hydrogen) atoms. The van der Waals surface area contributed by atoms with E-state index in [1.54, 1.807) is 6.07 Å². The number of hydrogen-bond acceptors (Lipinski definition) is 3. The molecule has 1 aromatic heterocycles. The number of para-hydroxylation sites is 1. The van der Waals surface area contributed by atoms with E-state index in [9.17, 15) is 14.3 Å². The smallest absolute Gasteiger partial charge is 0.225 e. The average Bonchev–Trinajstić information content (AvgIpc) is 2.98. The topological polar surface area (TPSA) is 62.5 Å². The summed E-state index contributed by atoms with van der Waals surface area (Å²) in [6.07, 6.45) is 1.59. The maximum Gasteiger partial charge on any atom is 0.225 e. The average molecular weight is 348 g/mol. The molecule has 2 aromatic carbocycles. The molecule has 0 saturated heterocycles. The predicted octanol–water partition coefficient (Wildman–Crippen LogP) is 3.62. The molecule has 0 fully saturated rings. The maximum absolute atomic E-state index is 14.1. The summed E-state index contributed by atoms with van der Waals surface area (Å²) in [5.74, 6) is -0.993. The molecule has 3 rings (SSSR count). The van der Waals surface area contributed by atoms with E-state index >= 15 is 0 Å². The number of benzene rings is 2. The van der Waals surface area contributed by atoms with Crippen molar-refractivity contribution in [3.8, 4) is 0 Å². The van der Waals surface area contributed by atoms with Crippen molar-refractivity contribution in [3.63, 3.8) is 0 Å². The van der Waals surface area contributed by atoms with Crippen LogP contribution in [-0.2, 0) is 11.2 Å². The molecule has 2 N–H and O–H groups in total. The number of hydrogen-bond donors (Lipinski definition) is 2. The van der Waals surface area contributed by atoms with E-state index in [0.717, 1.165) is 10.9 Å². The number of amides is 1. The van der Waals surface area contributed by atoms with Gasteiger partial charge >= 0.3 is 0 Å². The Balaban J connectivity index is 1.76. The molecule has 0 aliphatic rings. The zero-order valence-electron chi connectivity index (χ0n) is 12.6. The first-order chi connectivity index (χ1) is 11.6. The molecule has 4 nitrogen and oxygen atoms in total. The second-order valence-electron chi connectivity index (χ2n) is 5.38. The van der Waals surface area contributed by atoms with Crippen molar-refractivity contribution in [1.29, 1.82) is 0 Å². The minimum absolute atomic E-state index is 0.0546. The Morgan fingerprint density at radius 3 is 2.83 bits per heavy atom. The van der Waals surface area contributed by atoms with Gasteiger partial charge in [-0.3, -0.25) is 4.79 Å². The Morgan fingerprint density at radius 1 is 1.25 bits per heavy atom. The molecule has 0 radical (unpaired) electrons. The van der Waals surface area contributed by atoms with E-state index in [1.807, 2.05) is 24.3 Å². The van der Waals surface area contributed by atoms with Gasteiger partial charge in [0.25, 0.3) is 0 Å². The van der Waals surface area contributed by atoms with Crippen LogP contribution >= 0.6 is 11.6 Å². The number of furan rings is 1. The molecule has 1 unspecified atom stereocenters. The Bertz CT molecular complexity index is 878. The summed E-state index contributed by atoms with van der Waals surface area (Å²) in [6.45, 7) is -0.435. The summed E-state index contributed by atoms with van der Waals surface area (Å²) >= 11 is 5.75. The zero-order valence-corrected chi connectivity index (χ0v) is 13.4. The van der Waals surface area contributed by atoms with Gasteiger partial charge < -0.3 is 14.8 Å². The number of fused-ring (bicyclic) bond motifs is 1. The molecule has 1 atom stereocenters. The summed E-state index contributed by atoms with van der Waals surface area (Å²) in [6, 6.07) is 11.0. The van der Waals surface area contributed by atoms with Crippen LogP contribution in [0.25, 0.3) is 11.0 Å². The lowest BCUT2D eigenvalue weighted by atomic mass is 10.1. The van der Waals surface area contributed by atoms with E-state index in [4.69, 9.17) is 16.0 Å². The lowest BCUT2D eigenvalue weighted by Crippen LogP contribution is -2.32. The van der Waals surface area contributed by atoms with Crippen molar-refractivity contribution in [2.75, 3.05) is 6.61 Å². The highest BCUT2D eigenvalue weighted by Crippen LogP contribution is 2.24. The molecule has 0 aliphatic heterocycles. The van der Waals surface area contributed by atoms with E-state index in [-0.39, 0.29) is 22.9 Å². The Labute approximate surface area is 142 Å². The van der Waals surface area contributed by atoms with E-state index in [2.05, 4.69) is 5.32 Å². The van der Waals surface area contributed by atoms with Crippen LogP contribution in [0.3, 0.4) is 0 Å². The van der Waals surface area contributed by atoms with Gasteiger partial charge in [0.1, 0.15) is 11.4 Å². The van der Waals surface area contributed by atoms with Gasteiger partial charge in [0.15, 0.2) is 0 Å². The van der Waals surface area contributed by atoms with Gasteiger partial charge in [-0.05, 0) is 12.1 Å². The molecule has 124 valence electrons. The molecule has 1 heterocycles. The summed E-state index contributed by atoms with van der Waals surface area (Å²) in [5, 5.41) is 12.9. The molecule has 6 heteroatoms. The molecular weight excluding hydrogens is 333 g/mol. The molecule has 0 spiro atoms. The van der Waals surface area contributed by atoms with Gasteiger partial charge in [-0.15, -0.1) is 0 Å².